The molecule has 0 radical (unpaired) electrons. The van der Waals surface area contributed by atoms with Gasteiger partial charge >= 0.3 is 0 Å². The van der Waals surface area contributed by atoms with Crippen molar-refractivity contribution in [3.05, 3.63) is 72.2 Å². The maximum Gasteiger partial charge on any atom is 0.138 e. The van der Waals surface area contributed by atoms with Gasteiger partial charge in [-0.3, -0.25) is 0 Å². The van der Waals surface area contributed by atoms with Gasteiger partial charge in [-0.25, -0.2) is 9.97 Å². The number of aromatic nitrogens is 2. The average molecular weight is 397 g/mol. The zero-order chi connectivity index (χ0) is 15.4. The standard InChI is InChI=1S/C18H12IN3/c19-10-17-21-12-16(14-8-6-13(11-20)7-9-14)18(22-17)15-4-2-1-3-5-15/h1-9,12H,10H2. The lowest BCUT2D eigenvalue weighted by Gasteiger charge is -2.10. The fraction of sp³-hybridized carbons (Fsp3) is 0.0556. The molecule has 0 bridgehead atoms. The molecule has 0 fully saturated rings. The van der Waals surface area contributed by atoms with Gasteiger partial charge in [0.05, 0.1) is 21.8 Å². The van der Waals surface area contributed by atoms with E-state index < -0.39 is 0 Å². The number of hydrogen-bond acceptors (Lipinski definition) is 3. The van der Waals surface area contributed by atoms with Crippen molar-refractivity contribution in [1.29, 1.82) is 5.26 Å². The van der Waals surface area contributed by atoms with Crippen molar-refractivity contribution in [2.45, 2.75) is 4.43 Å². The molecule has 22 heavy (non-hydrogen) atoms. The summed E-state index contributed by atoms with van der Waals surface area (Å²) < 4.78 is 0.769. The Bertz CT molecular complexity index is 821. The van der Waals surface area contributed by atoms with E-state index in [1.54, 1.807) is 0 Å². The van der Waals surface area contributed by atoms with Gasteiger partial charge in [-0.15, -0.1) is 0 Å². The van der Waals surface area contributed by atoms with Crippen LogP contribution in [0.1, 0.15) is 11.4 Å². The second-order valence-electron chi connectivity index (χ2n) is 4.74. The first-order valence-corrected chi connectivity index (χ1v) is 8.32. The summed E-state index contributed by atoms with van der Waals surface area (Å²) in [6.45, 7) is 0. The lowest BCUT2D eigenvalue weighted by molar-refractivity contribution is 1.05. The monoisotopic (exact) mass is 397 g/mol. The third kappa shape index (κ3) is 3.00. The van der Waals surface area contributed by atoms with Crippen LogP contribution in [0.25, 0.3) is 22.4 Å². The maximum atomic E-state index is 8.92. The molecule has 0 amide bonds. The van der Waals surface area contributed by atoms with Gasteiger partial charge in [0.1, 0.15) is 5.82 Å². The Kier molecular flexibility index (Phi) is 4.45. The largest absolute Gasteiger partial charge is 0.240 e. The van der Waals surface area contributed by atoms with Crippen molar-refractivity contribution < 1.29 is 0 Å². The lowest BCUT2D eigenvalue weighted by Crippen LogP contribution is -1.97. The number of alkyl halides is 1. The van der Waals surface area contributed by atoms with E-state index >= 15 is 0 Å². The van der Waals surface area contributed by atoms with Gasteiger partial charge < -0.3 is 0 Å². The Labute approximate surface area is 142 Å². The molecule has 0 spiro atoms. The first-order valence-electron chi connectivity index (χ1n) is 6.79. The first kappa shape index (κ1) is 14.7. The Morgan fingerprint density at radius 1 is 0.955 bits per heavy atom. The number of halogens is 1. The molecule has 0 atom stereocenters. The van der Waals surface area contributed by atoms with Crippen LogP contribution < -0.4 is 0 Å². The van der Waals surface area contributed by atoms with E-state index in [9.17, 15) is 0 Å². The highest BCUT2D eigenvalue weighted by atomic mass is 127. The van der Waals surface area contributed by atoms with Crippen molar-refractivity contribution in [2.75, 3.05) is 0 Å². The van der Waals surface area contributed by atoms with Crippen LogP contribution in [-0.4, -0.2) is 9.97 Å². The summed E-state index contributed by atoms with van der Waals surface area (Å²) in [6.07, 6.45) is 1.87. The van der Waals surface area contributed by atoms with Crippen molar-refractivity contribution >= 4 is 22.6 Å². The molecule has 4 heteroatoms. The molecule has 2 aromatic carbocycles. The topological polar surface area (TPSA) is 49.6 Å². The van der Waals surface area contributed by atoms with Crippen molar-refractivity contribution in [2.24, 2.45) is 0 Å². The average Bonchev–Trinajstić information content (AvgIpc) is 2.62. The molecule has 106 valence electrons. The van der Waals surface area contributed by atoms with E-state index in [0.717, 1.165) is 32.6 Å². The normalized spacial score (nSPS) is 10.2. The molecular formula is C18H12IN3. The lowest BCUT2D eigenvalue weighted by atomic mass is 10.00. The van der Waals surface area contributed by atoms with Gasteiger partial charge in [-0.2, -0.15) is 5.26 Å². The predicted molar refractivity (Wildman–Crippen MR) is 95.3 cm³/mol. The van der Waals surface area contributed by atoms with E-state index in [1.165, 1.54) is 0 Å². The molecule has 3 rings (SSSR count). The third-order valence-electron chi connectivity index (χ3n) is 3.33. The minimum atomic E-state index is 0.648. The van der Waals surface area contributed by atoms with Crippen LogP contribution in [0.2, 0.25) is 0 Å². The third-order valence-corrected chi connectivity index (χ3v) is 4.01. The molecule has 1 aromatic heterocycles. The highest BCUT2D eigenvalue weighted by molar-refractivity contribution is 14.1. The van der Waals surface area contributed by atoms with Crippen LogP contribution in [0.5, 0.6) is 0 Å². The molecule has 0 aliphatic rings. The van der Waals surface area contributed by atoms with Crippen LogP contribution in [0.4, 0.5) is 0 Å². The van der Waals surface area contributed by atoms with Crippen molar-refractivity contribution in [3.63, 3.8) is 0 Å². The second kappa shape index (κ2) is 6.67. The van der Waals surface area contributed by atoms with E-state index in [4.69, 9.17) is 10.2 Å². The maximum absolute atomic E-state index is 8.92. The van der Waals surface area contributed by atoms with E-state index in [-0.39, 0.29) is 0 Å². The van der Waals surface area contributed by atoms with Crippen LogP contribution in [0, 0.1) is 11.3 Å². The number of hydrogen-bond donors (Lipinski definition) is 0. The fourth-order valence-corrected chi connectivity index (χ4v) is 2.60. The summed E-state index contributed by atoms with van der Waals surface area (Å²) >= 11 is 2.26. The first-order chi connectivity index (χ1) is 10.8. The van der Waals surface area contributed by atoms with Crippen molar-refractivity contribution in [1.82, 2.24) is 9.97 Å². The number of nitriles is 1. The highest BCUT2D eigenvalue weighted by Crippen LogP contribution is 2.30. The zero-order valence-corrected chi connectivity index (χ0v) is 13.9. The summed E-state index contributed by atoms with van der Waals surface area (Å²) in [7, 11) is 0. The summed E-state index contributed by atoms with van der Waals surface area (Å²) in [4.78, 5) is 9.12. The smallest absolute Gasteiger partial charge is 0.138 e. The molecule has 3 aromatic rings. The minimum absolute atomic E-state index is 0.648. The van der Waals surface area contributed by atoms with Crippen LogP contribution in [0.15, 0.2) is 60.8 Å². The van der Waals surface area contributed by atoms with Crippen LogP contribution in [0.3, 0.4) is 0 Å². The second-order valence-corrected chi connectivity index (χ2v) is 5.50. The summed E-state index contributed by atoms with van der Waals surface area (Å²) in [5, 5.41) is 8.92. The molecule has 0 unspecified atom stereocenters. The van der Waals surface area contributed by atoms with Crippen molar-refractivity contribution in [3.8, 4) is 28.5 Å². The SMILES string of the molecule is N#Cc1ccc(-c2cnc(CI)nc2-c2ccccc2)cc1. The molecule has 0 saturated carbocycles. The highest BCUT2D eigenvalue weighted by Gasteiger charge is 2.11. The molecular weight excluding hydrogens is 385 g/mol. The number of rotatable bonds is 3. The van der Waals surface area contributed by atoms with Gasteiger partial charge in [0.2, 0.25) is 0 Å². The van der Waals surface area contributed by atoms with Crippen LogP contribution in [-0.2, 0) is 4.43 Å². The van der Waals surface area contributed by atoms with Gasteiger partial charge in [0, 0.05) is 17.3 Å². The van der Waals surface area contributed by atoms with E-state index in [1.807, 2.05) is 60.8 Å². The van der Waals surface area contributed by atoms with E-state index in [0.29, 0.717) is 5.56 Å². The number of benzene rings is 2. The minimum Gasteiger partial charge on any atom is -0.240 e. The molecule has 0 aliphatic heterocycles. The molecule has 3 nitrogen and oxygen atoms in total. The van der Waals surface area contributed by atoms with E-state index in [2.05, 4.69) is 33.6 Å². The summed E-state index contributed by atoms with van der Waals surface area (Å²) in [5.74, 6) is 0.817. The predicted octanol–water partition coefficient (Wildman–Crippen LogP) is 4.62. The molecule has 0 aliphatic carbocycles. The summed E-state index contributed by atoms with van der Waals surface area (Å²) in [6, 6.07) is 19.7. The molecule has 0 N–H and O–H groups in total. The summed E-state index contributed by atoms with van der Waals surface area (Å²) in [5.41, 5.74) is 4.62. The zero-order valence-electron chi connectivity index (χ0n) is 11.7. The molecule has 0 saturated heterocycles. The van der Waals surface area contributed by atoms with Gasteiger partial charge in [0.25, 0.3) is 0 Å². The molecule has 1 heterocycles. The number of nitrogens with zero attached hydrogens (tertiary/aromatic N) is 3. The Balaban J connectivity index is 2.16. The fourth-order valence-electron chi connectivity index (χ4n) is 2.23. The Hall–Kier alpha value is -2.26. The van der Waals surface area contributed by atoms with Crippen LogP contribution >= 0.6 is 22.6 Å². The quantitative estimate of drug-likeness (QED) is 0.479. The Morgan fingerprint density at radius 2 is 1.68 bits per heavy atom. The van der Waals surface area contributed by atoms with Gasteiger partial charge in [-0.05, 0) is 17.7 Å². The Morgan fingerprint density at radius 3 is 2.32 bits per heavy atom. The van der Waals surface area contributed by atoms with Gasteiger partial charge in [0.15, 0.2) is 0 Å². The van der Waals surface area contributed by atoms with Gasteiger partial charge in [-0.1, -0.05) is 65.1 Å².